The fourth-order valence-electron chi connectivity index (χ4n) is 4.70. The number of methoxy groups -OCH3 is 1. The summed E-state index contributed by atoms with van der Waals surface area (Å²) in [6.45, 7) is 5.37. The van der Waals surface area contributed by atoms with Crippen molar-refractivity contribution in [2.24, 2.45) is 0 Å². The Morgan fingerprint density at radius 3 is 2.50 bits per heavy atom. The number of para-hydroxylation sites is 1. The van der Waals surface area contributed by atoms with Gasteiger partial charge in [-0.1, -0.05) is 23.7 Å². The summed E-state index contributed by atoms with van der Waals surface area (Å²) in [4.78, 5) is 26.0. The van der Waals surface area contributed by atoms with E-state index in [1.165, 1.54) is 13.3 Å². The van der Waals surface area contributed by atoms with Crippen LogP contribution in [0.5, 0.6) is 5.75 Å². The summed E-state index contributed by atoms with van der Waals surface area (Å²) in [7, 11) is 2.17. The monoisotopic (exact) mass is 615 g/mol. The minimum Gasteiger partial charge on any atom is -0.494 e. The molecule has 1 aromatic heterocycles. The van der Waals surface area contributed by atoms with E-state index in [1.807, 2.05) is 0 Å². The summed E-state index contributed by atoms with van der Waals surface area (Å²) in [6.07, 6.45) is 3.51. The summed E-state index contributed by atoms with van der Waals surface area (Å²) >= 11 is 6.36. The molecule has 11 nitrogen and oxygen atoms in total. The van der Waals surface area contributed by atoms with Crippen LogP contribution in [0, 0.1) is 0 Å². The lowest BCUT2D eigenvalue weighted by molar-refractivity contribution is -0.117. The van der Waals surface area contributed by atoms with E-state index in [1.54, 1.807) is 56.3 Å². The Labute approximate surface area is 252 Å². The standard InChI is InChI=1S/C29H38ClN7O4S/c1-19(2)42(39,40)26-9-7-6-8-24(26)33-28-22(30)17-31-29(35-28)34-23-11-10-20(16-25(23)41-5)32-27(38)18-37-14-12-21(13-15-37)36(3)4/h6-11,16-17,19,21H,12-15,18H2,1-5H3,(H,32,38)(H2,31,33,34,35). The number of benzene rings is 2. The van der Waals surface area contributed by atoms with Crippen LogP contribution in [0.4, 0.5) is 28.8 Å². The van der Waals surface area contributed by atoms with Gasteiger partial charge in [0.2, 0.25) is 11.9 Å². The van der Waals surface area contributed by atoms with Gasteiger partial charge < -0.3 is 25.6 Å². The highest BCUT2D eigenvalue weighted by molar-refractivity contribution is 7.92. The topological polar surface area (TPSA) is 129 Å². The van der Waals surface area contributed by atoms with Crippen molar-refractivity contribution in [2.75, 3.05) is 56.8 Å². The molecule has 3 N–H and O–H groups in total. The first-order valence-electron chi connectivity index (χ1n) is 13.7. The predicted octanol–water partition coefficient (Wildman–Crippen LogP) is 4.77. The minimum atomic E-state index is -3.55. The Hall–Kier alpha value is -3.45. The van der Waals surface area contributed by atoms with E-state index in [0.29, 0.717) is 35.4 Å². The number of rotatable bonds is 11. The third-order valence-electron chi connectivity index (χ3n) is 7.20. The molecule has 1 aliphatic heterocycles. The second-order valence-corrected chi connectivity index (χ2v) is 13.5. The van der Waals surface area contributed by atoms with Crippen LogP contribution >= 0.6 is 11.6 Å². The number of halogens is 1. The van der Waals surface area contributed by atoms with Crippen LogP contribution in [0.1, 0.15) is 26.7 Å². The lowest BCUT2D eigenvalue weighted by atomic mass is 10.0. The molecule has 1 amide bonds. The molecule has 0 bridgehead atoms. The van der Waals surface area contributed by atoms with Crippen molar-refractivity contribution in [2.45, 2.75) is 42.9 Å². The van der Waals surface area contributed by atoms with Crippen molar-refractivity contribution in [1.29, 1.82) is 0 Å². The number of sulfone groups is 1. The zero-order chi connectivity index (χ0) is 30.4. The second kappa shape index (κ2) is 13.7. The largest absolute Gasteiger partial charge is 0.494 e. The quantitative estimate of drug-likeness (QED) is 0.277. The minimum absolute atomic E-state index is 0.0856. The summed E-state index contributed by atoms with van der Waals surface area (Å²) in [6, 6.07) is 12.4. The Kier molecular flexibility index (Phi) is 10.3. The Balaban J connectivity index is 1.45. The predicted molar refractivity (Wildman–Crippen MR) is 167 cm³/mol. The smallest absolute Gasteiger partial charge is 0.238 e. The lowest BCUT2D eigenvalue weighted by Crippen LogP contribution is -2.44. The summed E-state index contributed by atoms with van der Waals surface area (Å²) in [5.74, 6) is 0.832. The van der Waals surface area contributed by atoms with Crippen molar-refractivity contribution in [3.63, 3.8) is 0 Å². The molecule has 0 unspecified atom stereocenters. The fraction of sp³-hybridized carbons (Fsp3) is 0.414. The zero-order valence-electron chi connectivity index (χ0n) is 24.5. The molecular weight excluding hydrogens is 578 g/mol. The van der Waals surface area contributed by atoms with Crippen LogP contribution in [0.25, 0.3) is 0 Å². The van der Waals surface area contributed by atoms with E-state index >= 15 is 0 Å². The number of nitrogens with one attached hydrogen (secondary N) is 3. The van der Waals surface area contributed by atoms with Crippen LogP contribution in [0.2, 0.25) is 5.02 Å². The second-order valence-electron chi connectivity index (χ2n) is 10.7. The van der Waals surface area contributed by atoms with Crippen molar-refractivity contribution in [1.82, 2.24) is 19.8 Å². The molecule has 4 rings (SSSR count). The maximum absolute atomic E-state index is 12.9. The van der Waals surface area contributed by atoms with Crippen molar-refractivity contribution in [3.05, 3.63) is 53.7 Å². The van der Waals surface area contributed by atoms with Gasteiger partial charge in [-0.2, -0.15) is 4.98 Å². The van der Waals surface area contributed by atoms with E-state index < -0.39 is 15.1 Å². The fourth-order valence-corrected chi connectivity index (χ4v) is 6.04. The average molecular weight is 616 g/mol. The highest BCUT2D eigenvalue weighted by Crippen LogP contribution is 2.33. The molecule has 226 valence electrons. The van der Waals surface area contributed by atoms with Crippen LogP contribution in [0.3, 0.4) is 0 Å². The van der Waals surface area contributed by atoms with E-state index in [0.717, 1.165) is 25.9 Å². The summed E-state index contributed by atoms with van der Waals surface area (Å²) in [5, 5.41) is 8.72. The molecule has 0 atom stereocenters. The number of hydrogen-bond acceptors (Lipinski definition) is 10. The molecular formula is C29H38ClN7O4S. The van der Waals surface area contributed by atoms with Crippen LogP contribution < -0.4 is 20.7 Å². The van der Waals surface area contributed by atoms with E-state index in [-0.39, 0.29) is 27.6 Å². The molecule has 13 heteroatoms. The number of aromatic nitrogens is 2. The molecule has 3 aromatic rings. The summed E-state index contributed by atoms with van der Waals surface area (Å²) < 4.78 is 31.3. The van der Waals surface area contributed by atoms with Gasteiger partial charge in [0.1, 0.15) is 10.8 Å². The molecule has 1 fully saturated rings. The van der Waals surface area contributed by atoms with E-state index in [9.17, 15) is 13.2 Å². The molecule has 0 radical (unpaired) electrons. The molecule has 1 saturated heterocycles. The first kappa shape index (κ1) is 31.5. The maximum atomic E-state index is 12.9. The number of anilines is 5. The van der Waals surface area contributed by atoms with Crippen LogP contribution in [-0.4, -0.2) is 86.2 Å². The number of piperidine rings is 1. The lowest BCUT2D eigenvalue weighted by Gasteiger charge is -2.34. The van der Waals surface area contributed by atoms with Gasteiger partial charge in [-0.05, 0) is 65.0 Å². The molecule has 2 aromatic carbocycles. The van der Waals surface area contributed by atoms with Crippen LogP contribution in [-0.2, 0) is 14.6 Å². The Bertz CT molecular complexity index is 1510. The number of hydrogen-bond donors (Lipinski definition) is 3. The van der Waals surface area contributed by atoms with Gasteiger partial charge in [0.25, 0.3) is 0 Å². The maximum Gasteiger partial charge on any atom is 0.238 e. The third kappa shape index (κ3) is 7.68. The molecule has 1 aliphatic rings. The molecule has 0 aliphatic carbocycles. The molecule has 42 heavy (non-hydrogen) atoms. The normalized spacial score (nSPS) is 14.7. The first-order chi connectivity index (χ1) is 20.0. The highest BCUT2D eigenvalue weighted by Gasteiger charge is 2.24. The van der Waals surface area contributed by atoms with Gasteiger partial charge in [0, 0.05) is 30.9 Å². The van der Waals surface area contributed by atoms with E-state index in [2.05, 4.69) is 49.8 Å². The number of likely N-dealkylation sites (tertiary alicyclic amines) is 1. The van der Waals surface area contributed by atoms with Gasteiger partial charge in [0.05, 0.1) is 41.4 Å². The number of ether oxygens (including phenoxy) is 1. The van der Waals surface area contributed by atoms with Crippen molar-refractivity contribution < 1.29 is 17.9 Å². The molecule has 0 spiro atoms. The highest BCUT2D eigenvalue weighted by atomic mass is 35.5. The van der Waals surface area contributed by atoms with Crippen molar-refractivity contribution in [3.8, 4) is 5.75 Å². The van der Waals surface area contributed by atoms with E-state index in [4.69, 9.17) is 16.3 Å². The number of amides is 1. The van der Waals surface area contributed by atoms with Gasteiger partial charge in [-0.15, -0.1) is 0 Å². The number of carbonyl (C=O) groups excluding carboxylic acids is 1. The van der Waals surface area contributed by atoms with Crippen LogP contribution in [0.15, 0.2) is 53.6 Å². The van der Waals surface area contributed by atoms with Gasteiger partial charge in [-0.25, -0.2) is 13.4 Å². The molecule has 2 heterocycles. The average Bonchev–Trinajstić information content (AvgIpc) is 2.96. The third-order valence-corrected chi connectivity index (χ3v) is 9.68. The van der Waals surface area contributed by atoms with Crippen molar-refractivity contribution >= 4 is 56.2 Å². The summed E-state index contributed by atoms with van der Waals surface area (Å²) in [5.41, 5.74) is 1.53. The molecule has 0 saturated carbocycles. The zero-order valence-corrected chi connectivity index (χ0v) is 26.1. The number of nitrogens with zero attached hydrogens (tertiary/aromatic N) is 4. The van der Waals surface area contributed by atoms with Gasteiger partial charge >= 0.3 is 0 Å². The Morgan fingerprint density at radius 1 is 1.12 bits per heavy atom. The van der Waals surface area contributed by atoms with Gasteiger partial charge in [0.15, 0.2) is 15.7 Å². The SMILES string of the molecule is COc1cc(NC(=O)CN2CCC(N(C)C)CC2)ccc1Nc1ncc(Cl)c(Nc2ccccc2S(=O)(=O)C(C)C)n1. The Morgan fingerprint density at radius 2 is 1.83 bits per heavy atom. The van der Waals surface area contributed by atoms with Gasteiger partial charge in [-0.3, -0.25) is 9.69 Å². The number of carbonyl (C=O) groups is 1. The first-order valence-corrected chi connectivity index (χ1v) is 15.7.